The van der Waals surface area contributed by atoms with Crippen LogP contribution >= 0.6 is 0 Å². The first-order valence-corrected chi connectivity index (χ1v) is 25.8. The minimum atomic E-state index is -0.203. The summed E-state index contributed by atoms with van der Waals surface area (Å²) >= 11 is 0. The SMILES string of the molecule is C=C(CCCCCCCNC(=C)CCC(NC(=C)CCCCCCCCCCc1cccc(C(C)=O)c1)C(C)=O)NCCCCCCCC(=C)NCCCCCC(=O)C(C)C.CCN. The Labute approximate surface area is 394 Å². The van der Waals surface area contributed by atoms with Gasteiger partial charge in [0.15, 0.2) is 11.6 Å². The summed E-state index contributed by atoms with van der Waals surface area (Å²) in [6.07, 6.45) is 31.5. The molecule has 0 aliphatic carbocycles. The van der Waals surface area contributed by atoms with Crippen molar-refractivity contribution in [2.45, 2.75) is 220 Å². The third-order valence-corrected chi connectivity index (χ3v) is 11.8. The van der Waals surface area contributed by atoms with E-state index in [1.807, 2.05) is 39.0 Å². The Balaban J connectivity index is 0.0000128. The molecule has 8 heteroatoms. The zero-order valence-electron chi connectivity index (χ0n) is 42.2. The maximum atomic E-state index is 12.4. The molecule has 1 rings (SSSR count). The molecule has 0 heterocycles. The average molecular weight is 890 g/mol. The molecule has 0 amide bonds. The van der Waals surface area contributed by atoms with Gasteiger partial charge in [0.25, 0.3) is 0 Å². The second kappa shape index (κ2) is 42.0. The number of Topliss-reactive ketones (excluding diaryl/α,β-unsaturated/α-hetero) is 3. The molecule has 0 saturated heterocycles. The molecule has 8 nitrogen and oxygen atoms in total. The summed E-state index contributed by atoms with van der Waals surface area (Å²) < 4.78 is 0. The summed E-state index contributed by atoms with van der Waals surface area (Å²) in [6, 6.07) is 7.85. The van der Waals surface area contributed by atoms with E-state index in [4.69, 9.17) is 5.73 Å². The fourth-order valence-corrected chi connectivity index (χ4v) is 7.63. The number of hydrogen-bond acceptors (Lipinski definition) is 8. The van der Waals surface area contributed by atoms with E-state index >= 15 is 0 Å². The van der Waals surface area contributed by atoms with Gasteiger partial charge in [-0.2, -0.15) is 0 Å². The monoisotopic (exact) mass is 890 g/mol. The number of hydrogen-bond donors (Lipinski definition) is 5. The Hall–Kier alpha value is -3.65. The van der Waals surface area contributed by atoms with Crippen molar-refractivity contribution in [2.24, 2.45) is 11.7 Å². The molecule has 1 unspecified atom stereocenters. The van der Waals surface area contributed by atoms with Gasteiger partial charge in [-0.05, 0) is 122 Å². The van der Waals surface area contributed by atoms with Crippen molar-refractivity contribution in [3.05, 3.63) is 84.5 Å². The highest BCUT2D eigenvalue weighted by atomic mass is 16.1. The summed E-state index contributed by atoms with van der Waals surface area (Å²) in [4.78, 5) is 35.7. The number of rotatable bonds is 44. The average Bonchev–Trinajstić information content (AvgIpc) is 3.26. The van der Waals surface area contributed by atoms with Gasteiger partial charge in [0, 0.05) is 60.3 Å². The maximum Gasteiger partial charge on any atom is 0.159 e. The van der Waals surface area contributed by atoms with E-state index in [1.165, 1.54) is 114 Å². The van der Waals surface area contributed by atoms with Crippen LogP contribution < -0.4 is 27.0 Å². The van der Waals surface area contributed by atoms with Gasteiger partial charge < -0.3 is 27.0 Å². The van der Waals surface area contributed by atoms with E-state index in [2.05, 4.69) is 53.6 Å². The zero-order valence-corrected chi connectivity index (χ0v) is 42.2. The number of nitrogens with one attached hydrogen (secondary N) is 4. The summed E-state index contributed by atoms with van der Waals surface area (Å²) in [5.74, 6) is 0.844. The van der Waals surface area contributed by atoms with Crippen LogP contribution in [0.4, 0.5) is 0 Å². The number of aryl methyl sites for hydroxylation is 1. The first-order chi connectivity index (χ1) is 30.8. The van der Waals surface area contributed by atoms with Crippen LogP contribution in [0.2, 0.25) is 0 Å². The Bertz CT molecular complexity index is 1420. The van der Waals surface area contributed by atoms with Crippen LogP contribution in [-0.4, -0.2) is 49.6 Å². The molecule has 0 aliphatic heterocycles. The summed E-state index contributed by atoms with van der Waals surface area (Å²) in [7, 11) is 0. The third-order valence-electron chi connectivity index (χ3n) is 11.8. The van der Waals surface area contributed by atoms with Crippen molar-refractivity contribution in [1.82, 2.24) is 21.3 Å². The number of nitrogens with two attached hydrogens (primary N) is 1. The van der Waals surface area contributed by atoms with Gasteiger partial charge in [-0.25, -0.2) is 0 Å². The highest BCUT2D eigenvalue weighted by Crippen LogP contribution is 2.16. The minimum Gasteiger partial charge on any atom is -0.389 e. The van der Waals surface area contributed by atoms with E-state index in [0.29, 0.717) is 5.78 Å². The van der Waals surface area contributed by atoms with Crippen molar-refractivity contribution in [3.8, 4) is 0 Å². The molecular weight excluding hydrogens is 791 g/mol. The van der Waals surface area contributed by atoms with E-state index in [0.717, 1.165) is 126 Å². The van der Waals surface area contributed by atoms with E-state index < -0.39 is 0 Å². The largest absolute Gasteiger partial charge is 0.389 e. The first-order valence-electron chi connectivity index (χ1n) is 25.8. The van der Waals surface area contributed by atoms with Gasteiger partial charge in [0.1, 0.15) is 5.78 Å². The molecule has 1 aromatic carbocycles. The highest BCUT2D eigenvalue weighted by Gasteiger charge is 2.15. The van der Waals surface area contributed by atoms with Crippen molar-refractivity contribution in [2.75, 3.05) is 26.2 Å². The van der Waals surface area contributed by atoms with Gasteiger partial charge >= 0.3 is 0 Å². The minimum absolute atomic E-state index is 0.137. The Morgan fingerprint density at radius 3 is 1.39 bits per heavy atom. The lowest BCUT2D eigenvalue weighted by molar-refractivity contribution is -0.122. The Kier molecular flexibility index (Phi) is 39.6. The number of benzene rings is 1. The van der Waals surface area contributed by atoms with Crippen LogP contribution in [0.5, 0.6) is 0 Å². The number of carbonyl (C=O) groups is 3. The van der Waals surface area contributed by atoms with Crippen molar-refractivity contribution in [3.63, 3.8) is 0 Å². The van der Waals surface area contributed by atoms with Gasteiger partial charge in [-0.15, -0.1) is 0 Å². The van der Waals surface area contributed by atoms with Crippen LogP contribution in [0.1, 0.15) is 224 Å². The van der Waals surface area contributed by atoms with Crippen LogP contribution in [0.25, 0.3) is 0 Å². The number of ketones is 3. The fraction of sp³-hybridized carbons (Fsp3) is 0.696. The lowest BCUT2D eigenvalue weighted by atomic mass is 10.0. The molecule has 366 valence electrons. The van der Waals surface area contributed by atoms with Crippen LogP contribution in [0.15, 0.2) is 73.4 Å². The number of carbonyl (C=O) groups excluding carboxylic acids is 3. The van der Waals surface area contributed by atoms with E-state index in [-0.39, 0.29) is 23.5 Å². The van der Waals surface area contributed by atoms with E-state index in [1.54, 1.807) is 13.8 Å². The van der Waals surface area contributed by atoms with Gasteiger partial charge in [-0.1, -0.05) is 149 Å². The van der Waals surface area contributed by atoms with Crippen molar-refractivity contribution in [1.29, 1.82) is 0 Å². The Morgan fingerprint density at radius 2 is 0.938 bits per heavy atom. The molecule has 0 fully saturated rings. The lowest BCUT2D eigenvalue weighted by Gasteiger charge is -2.20. The van der Waals surface area contributed by atoms with Crippen molar-refractivity contribution < 1.29 is 14.4 Å². The first kappa shape index (κ1) is 60.4. The zero-order chi connectivity index (χ0) is 47.6. The summed E-state index contributed by atoms with van der Waals surface area (Å²) in [6.45, 7) is 29.7. The topological polar surface area (TPSA) is 125 Å². The molecule has 0 spiro atoms. The normalized spacial score (nSPS) is 11.3. The maximum absolute atomic E-state index is 12.4. The molecule has 0 aliphatic rings. The summed E-state index contributed by atoms with van der Waals surface area (Å²) in [5.41, 5.74) is 11.2. The fourth-order valence-electron chi connectivity index (χ4n) is 7.63. The molecule has 1 aromatic rings. The van der Waals surface area contributed by atoms with Crippen LogP contribution in [0, 0.1) is 5.92 Å². The molecule has 64 heavy (non-hydrogen) atoms. The second-order valence-electron chi connectivity index (χ2n) is 18.5. The third kappa shape index (κ3) is 37.7. The molecular formula is C56H99N5O3. The predicted octanol–water partition coefficient (Wildman–Crippen LogP) is 13.5. The van der Waals surface area contributed by atoms with Crippen LogP contribution in [0.3, 0.4) is 0 Å². The molecule has 0 saturated carbocycles. The van der Waals surface area contributed by atoms with Gasteiger partial charge in [0.05, 0.1) is 6.04 Å². The van der Waals surface area contributed by atoms with E-state index in [9.17, 15) is 14.4 Å². The second-order valence-corrected chi connectivity index (χ2v) is 18.5. The molecule has 1 atom stereocenters. The molecule has 0 bridgehead atoms. The summed E-state index contributed by atoms with van der Waals surface area (Å²) in [5, 5.41) is 13.9. The standard InChI is InChI=1S/C54H92N4O3.C2H7N/c1-44(2)54(61)37-26-21-29-42-56-46(4)32-23-16-13-19-27-40-55-45(3)31-22-17-14-20-28-41-57-47(5)38-39-53(50(8)60)58-48(6)33-24-15-11-9-10-12-18-25-34-51-35-30-36-52(43-51)49(7)59;1-2-3/h30,35-36,43-44,53,55-58H,3-6,9-29,31-34,37-42H2,1-2,7-8H3;2-3H2,1H3. The molecule has 0 aromatic heterocycles. The quantitative estimate of drug-likeness (QED) is 0.0324. The molecule has 6 N–H and O–H groups in total. The molecule has 0 radical (unpaired) electrons. The Morgan fingerprint density at radius 1 is 0.547 bits per heavy atom. The van der Waals surface area contributed by atoms with Gasteiger partial charge in [0.2, 0.25) is 0 Å². The van der Waals surface area contributed by atoms with Gasteiger partial charge in [-0.3, -0.25) is 14.4 Å². The van der Waals surface area contributed by atoms with Crippen LogP contribution in [-0.2, 0) is 16.0 Å². The smallest absolute Gasteiger partial charge is 0.159 e. The number of unbranched alkanes of at least 4 members (excludes halogenated alkanes) is 17. The highest BCUT2D eigenvalue weighted by molar-refractivity contribution is 5.94. The van der Waals surface area contributed by atoms with Crippen molar-refractivity contribution >= 4 is 17.3 Å². The number of allylic oxidation sites excluding steroid dienone is 4. The predicted molar refractivity (Wildman–Crippen MR) is 278 cm³/mol. The lowest BCUT2D eigenvalue weighted by Crippen LogP contribution is -2.35.